The van der Waals surface area contributed by atoms with Crippen LogP contribution in [0.4, 0.5) is 0 Å². The Morgan fingerprint density at radius 3 is 2.92 bits per heavy atom. The van der Waals surface area contributed by atoms with Crippen LogP contribution in [0.3, 0.4) is 0 Å². The Labute approximate surface area is 141 Å². The molecule has 8 heteroatoms. The molecule has 1 fully saturated rings. The van der Waals surface area contributed by atoms with Gasteiger partial charge >= 0.3 is 0 Å². The van der Waals surface area contributed by atoms with E-state index < -0.39 is 17.9 Å². The van der Waals surface area contributed by atoms with Gasteiger partial charge in [-0.25, -0.2) is 4.98 Å². The number of piperidine rings is 1. The van der Waals surface area contributed by atoms with E-state index >= 15 is 0 Å². The molecule has 2 aromatic heterocycles. The predicted octanol–water partition coefficient (Wildman–Crippen LogP) is 1.62. The Morgan fingerprint density at radius 2 is 2.16 bits per heavy atom. The van der Waals surface area contributed by atoms with Crippen LogP contribution in [-0.2, 0) is 9.59 Å². The van der Waals surface area contributed by atoms with Crippen LogP contribution in [0.25, 0.3) is 22.8 Å². The second-order valence-electron chi connectivity index (χ2n) is 5.66. The summed E-state index contributed by atoms with van der Waals surface area (Å²) in [6.07, 6.45) is 2.00. The highest BCUT2D eigenvalue weighted by Gasteiger charge is 2.28. The molecule has 2 N–H and O–H groups in total. The first-order chi connectivity index (χ1) is 12.1. The number of nitrogens with zero attached hydrogens (tertiary/aromatic N) is 1. The number of aromatic nitrogens is 1. The lowest BCUT2D eigenvalue weighted by Crippen LogP contribution is -2.52. The van der Waals surface area contributed by atoms with E-state index in [0.717, 1.165) is 0 Å². The minimum atomic E-state index is -0.725. The molecule has 4 rings (SSSR count). The van der Waals surface area contributed by atoms with Crippen molar-refractivity contribution in [2.24, 2.45) is 0 Å². The van der Waals surface area contributed by atoms with Crippen molar-refractivity contribution < 1.29 is 23.2 Å². The summed E-state index contributed by atoms with van der Waals surface area (Å²) in [5, 5.41) is 4.83. The van der Waals surface area contributed by atoms with Gasteiger partial charge in [0.25, 0.3) is 11.8 Å². The normalized spacial score (nSPS) is 17.5. The van der Waals surface area contributed by atoms with Gasteiger partial charge in [0.2, 0.25) is 11.8 Å². The molecule has 126 valence electrons. The summed E-state index contributed by atoms with van der Waals surface area (Å²) >= 11 is 0. The zero-order valence-corrected chi connectivity index (χ0v) is 12.9. The van der Waals surface area contributed by atoms with Crippen molar-refractivity contribution in [2.75, 3.05) is 0 Å². The van der Waals surface area contributed by atoms with Gasteiger partial charge in [0.05, 0.1) is 6.26 Å². The lowest BCUT2D eigenvalue weighted by atomic mass is 10.1. The Kier molecular flexibility index (Phi) is 3.57. The number of oxazole rings is 1. The second-order valence-corrected chi connectivity index (χ2v) is 5.66. The summed E-state index contributed by atoms with van der Waals surface area (Å²) in [4.78, 5) is 39.6. The Bertz CT molecular complexity index is 974. The number of amides is 3. The highest BCUT2D eigenvalue weighted by atomic mass is 16.4. The van der Waals surface area contributed by atoms with Crippen LogP contribution in [0.15, 0.2) is 45.4 Å². The molecule has 1 saturated heterocycles. The Hall–Kier alpha value is -3.42. The van der Waals surface area contributed by atoms with Crippen molar-refractivity contribution in [1.29, 1.82) is 0 Å². The summed E-state index contributed by atoms with van der Waals surface area (Å²) < 4.78 is 10.8. The van der Waals surface area contributed by atoms with Gasteiger partial charge in [-0.1, -0.05) is 0 Å². The van der Waals surface area contributed by atoms with Crippen LogP contribution in [0.1, 0.15) is 23.2 Å². The van der Waals surface area contributed by atoms with Gasteiger partial charge in [-0.2, -0.15) is 0 Å². The largest absolute Gasteiger partial charge is 0.459 e. The number of hydrogen-bond donors (Lipinski definition) is 2. The summed E-state index contributed by atoms with van der Waals surface area (Å²) in [7, 11) is 0. The van der Waals surface area contributed by atoms with E-state index in [0.29, 0.717) is 28.3 Å². The Morgan fingerprint density at radius 1 is 1.28 bits per heavy atom. The third-order valence-corrected chi connectivity index (χ3v) is 3.93. The fraction of sp³-hybridized carbons (Fsp3) is 0.176. The van der Waals surface area contributed by atoms with E-state index in [1.807, 2.05) is 0 Å². The molecule has 0 bridgehead atoms. The third-order valence-electron chi connectivity index (χ3n) is 3.93. The molecule has 1 aliphatic heterocycles. The molecule has 0 saturated carbocycles. The van der Waals surface area contributed by atoms with Crippen molar-refractivity contribution in [3.05, 3.63) is 42.2 Å². The highest BCUT2D eigenvalue weighted by molar-refractivity contribution is 6.04. The fourth-order valence-electron chi connectivity index (χ4n) is 2.65. The number of hydrogen-bond acceptors (Lipinski definition) is 6. The van der Waals surface area contributed by atoms with Crippen molar-refractivity contribution in [2.45, 2.75) is 18.9 Å². The van der Waals surface area contributed by atoms with Gasteiger partial charge in [0.15, 0.2) is 11.3 Å². The number of furan rings is 1. The average molecular weight is 339 g/mol. The molecule has 1 unspecified atom stereocenters. The standard InChI is InChI=1S/C17H13N3O5/c21-14-6-4-10(16(23)20-14)18-15(22)9-3-5-12-11(8-9)19-17(25-12)13-2-1-7-24-13/h1-3,5,7-8,10H,4,6H2,(H,18,22)(H,20,21,23). The quantitative estimate of drug-likeness (QED) is 0.701. The molecule has 0 spiro atoms. The van der Waals surface area contributed by atoms with Gasteiger partial charge < -0.3 is 14.2 Å². The van der Waals surface area contributed by atoms with E-state index in [4.69, 9.17) is 8.83 Å². The number of carbonyl (C=O) groups is 3. The zero-order valence-electron chi connectivity index (χ0n) is 12.9. The van der Waals surface area contributed by atoms with Crippen LogP contribution < -0.4 is 10.6 Å². The molecule has 25 heavy (non-hydrogen) atoms. The fourth-order valence-corrected chi connectivity index (χ4v) is 2.65. The molecule has 0 radical (unpaired) electrons. The maximum absolute atomic E-state index is 12.4. The van der Waals surface area contributed by atoms with Crippen LogP contribution in [0, 0.1) is 0 Å². The van der Waals surface area contributed by atoms with Gasteiger partial charge in [-0.05, 0) is 36.8 Å². The molecular formula is C17H13N3O5. The van der Waals surface area contributed by atoms with Crippen LogP contribution in [0.2, 0.25) is 0 Å². The van der Waals surface area contributed by atoms with Crippen molar-refractivity contribution in [3.63, 3.8) is 0 Å². The minimum Gasteiger partial charge on any atom is -0.459 e. The molecular weight excluding hydrogens is 326 g/mol. The third kappa shape index (κ3) is 2.89. The predicted molar refractivity (Wildman–Crippen MR) is 85.3 cm³/mol. The molecule has 3 aromatic rings. The maximum atomic E-state index is 12.4. The maximum Gasteiger partial charge on any atom is 0.263 e. The summed E-state index contributed by atoms with van der Waals surface area (Å²) in [6.45, 7) is 0. The van der Waals surface area contributed by atoms with Gasteiger partial charge in [-0.15, -0.1) is 0 Å². The molecule has 1 aliphatic rings. The van der Waals surface area contributed by atoms with E-state index in [2.05, 4.69) is 15.6 Å². The monoisotopic (exact) mass is 339 g/mol. The first kappa shape index (κ1) is 15.1. The molecule has 3 heterocycles. The first-order valence-corrected chi connectivity index (χ1v) is 7.69. The number of nitrogens with one attached hydrogen (secondary N) is 2. The van der Waals surface area contributed by atoms with E-state index in [9.17, 15) is 14.4 Å². The summed E-state index contributed by atoms with van der Waals surface area (Å²) in [5.41, 5.74) is 1.36. The SMILES string of the molecule is O=C1CCC(NC(=O)c2ccc3oc(-c4ccco4)nc3c2)C(=O)N1. The van der Waals surface area contributed by atoms with Crippen LogP contribution >= 0.6 is 0 Å². The lowest BCUT2D eigenvalue weighted by molar-refractivity contribution is -0.134. The molecule has 1 atom stereocenters. The van der Waals surface area contributed by atoms with Crippen molar-refractivity contribution >= 4 is 28.8 Å². The number of benzene rings is 1. The number of fused-ring (bicyclic) bond motifs is 1. The highest BCUT2D eigenvalue weighted by Crippen LogP contribution is 2.25. The van der Waals surface area contributed by atoms with Crippen molar-refractivity contribution in [1.82, 2.24) is 15.6 Å². The number of imide groups is 1. The zero-order chi connectivity index (χ0) is 17.4. The van der Waals surface area contributed by atoms with Gasteiger partial charge in [0, 0.05) is 12.0 Å². The van der Waals surface area contributed by atoms with Gasteiger partial charge in [0.1, 0.15) is 11.6 Å². The summed E-state index contributed by atoms with van der Waals surface area (Å²) in [5.74, 6) is -0.426. The van der Waals surface area contributed by atoms with E-state index in [-0.39, 0.29) is 18.7 Å². The molecule has 3 amide bonds. The van der Waals surface area contributed by atoms with Crippen LogP contribution in [0.5, 0.6) is 0 Å². The van der Waals surface area contributed by atoms with Crippen LogP contribution in [-0.4, -0.2) is 28.7 Å². The summed E-state index contributed by atoms with van der Waals surface area (Å²) in [6, 6.07) is 7.52. The number of rotatable bonds is 3. The van der Waals surface area contributed by atoms with E-state index in [1.54, 1.807) is 30.3 Å². The average Bonchev–Trinajstić information content (AvgIpc) is 3.25. The Balaban J connectivity index is 1.55. The smallest absolute Gasteiger partial charge is 0.263 e. The molecule has 1 aromatic carbocycles. The van der Waals surface area contributed by atoms with Gasteiger partial charge in [-0.3, -0.25) is 19.7 Å². The second kappa shape index (κ2) is 5.90. The lowest BCUT2D eigenvalue weighted by Gasteiger charge is -2.21. The number of carbonyl (C=O) groups excluding carboxylic acids is 3. The topological polar surface area (TPSA) is 114 Å². The van der Waals surface area contributed by atoms with E-state index in [1.165, 1.54) is 6.26 Å². The van der Waals surface area contributed by atoms with Crippen molar-refractivity contribution in [3.8, 4) is 11.7 Å². The molecule has 0 aliphatic carbocycles. The molecule has 8 nitrogen and oxygen atoms in total. The first-order valence-electron chi connectivity index (χ1n) is 7.69. The minimum absolute atomic E-state index is 0.200.